The van der Waals surface area contributed by atoms with Gasteiger partial charge in [-0.05, 0) is 30.4 Å². The summed E-state index contributed by atoms with van der Waals surface area (Å²) in [4.78, 5) is 26.6. The maximum atomic E-state index is 12.5. The molecule has 136 valence electrons. The normalized spacial score (nSPS) is 16.3. The van der Waals surface area contributed by atoms with E-state index in [1.54, 1.807) is 4.90 Å². The van der Waals surface area contributed by atoms with Crippen molar-refractivity contribution in [2.45, 2.75) is 31.8 Å². The van der Waals surface area contributed by atoms with Crippen molar-refractivity contribution >= 4 is 11.9 Å². The second kappa shape index (κ2) is 9.04. The number of amides is 3. The molecule has 5 nitrogen and oxygen atoms in total. The van der Waals surface area contributed by atoms with Crippen LogP contribution in [0.3, 0.4) is 0 Å². The lowest BCUT2D eigenvalue weighted by molar-refractivity contribution is -0.124. The van der Waals surface area contributed by atoms with Crippen LogP contribution in [0, 0.1) is 0 Å². The van der Waals surface area contributed by atoms with Crippen molar-refractivity contribution in [1.29, 1.82) is 0 Å². The van der Waals surface area contributed by atoms with E-state index in [1.807, 2.05) is 60.7 Å². The van der Waals surface area contributed by atoms with Gasteiger partial charge in [0.2, 0.25) is 5.91 Å². The number of likely N-dealkylation sites (tertiary alicyclic amines) is 1. The minimum Gasteiger partial charge on any atom is -0.354 e. The van der Waals surface area contributed by atoms with Gasteiger partial charge in [-0.25, -0.2) is 4.79 Å². The molecule has 26 heavy (non-hydrogen) atoms. The van der Waals surface area contributed by atoms with Crippen LogP contribution in [0.4, 0.5) is 4.79 Å². The zero-order chi connectivity index (χ0) is 18.2. The summed E-state index contributed by atoms with van der Waals surface area (Å²) in [5, 5.41) is 5.89. The van der Waals surface area contributed by atoms with Crippen LogP contribution >= 0.6 is 0 Å². The fraction of sp³-hybridized carbons (Fsp3) is 0.333. The second-order valence-corrected chi connectivity index (χ2v) is 6.52. The van der Waals surface area contributed by atoms with E-state index in [4.69, 9.17) is 0 Å². The summed E-state index contributed by atoms with van der Waals surface area (Å²) in [7, 11) is 0. The van der Waals surface area contributed by atoms with Gasteiger partial charge in [0, 0.05) is 19.6 Å². The first-order valence-electron chi connectivity index (χ1n) is 9.14. The number of hydrogen-bond acceptors (Lipinski definition) is 2. The third-order valence-corrected chi connectivity index (χ3v) is 4.66. The first-order valence-corrected chi connectivity index (χ1v) is 9.14. The molecule has 0 spiro atoms. The molecule has 2 aromatic rings. The Hall–Kier alpha value is -2.82. The van der Waals surface area contributed by atoms with Gasteiger partial charge < -0.3 is 15.5 Å². The van der Waals surface area contributed by atoms with Gasteiger partial charge in [-0.15, -0.1) is 0 Å². The van der Waals surface area contributed by atoms with Crippen LogP contribution in [0.5, 0.6) is 0 Å². The molecule has 1 heterocycles. The number of benzene rings is 2. The fourth-order valence-electron chi connectivity index (χ4n) is 3.25. The molecule has 0 saturated carbocycles. The Balaban J connectivity index is 1.47. The molecule has 0 aromatic heterocycles. The Kier molecular flexibility index (Phi) is 6.25. The largest absolute Gasteiger partial charge is 0.354 e. The molecule has 2 aromatic carbocycles. The third-order valence-electron chi connectivity index (χ3n) is 4.66. The van der Waals surface area contributed by atoms with Crippen molar-refractivity contribution in [3.63, 3.8) is 0 Å². The summed E-state index contributed by atoms with van der Waals surface area (Å²) in [6, 6.07) is 19.3. The Labute approximate surface area is 154 Å². The number of nitrogens with one attached hydrogen (secondary N) is 2. The first kappa shape index (κ1) is 18.0. The maximum absolute atomic E-state index is 12.5. The Morgan fingerprint density at radius 2 is 1.58 bits per heavy atom. The van der Waals surface area contributed by atoms with Crippen molar-refractivity contribution in [2.75, 3.05) is 13.1 Å². The number of urea groups is 1. The van der Waals surface area contributed by atoms with Gasteiger partial charge in [0.05, 0.1) is 0 Å². The molecule has 2 N–H and O–H groups in total. The molecule has 1 aliphatic rings. The van der Waals surface area contributed by atoms with E-state index in [-0.39, 0.29) is 18.0 Å². The van der Waals surface area contributed by atoms with Crippen LogP contribution in [0.25, 0.3) is 0 Å². The highest BCUT2D eigenvalue weighted by Crippen LogP contribution is 2.17. The summed E-state index contributed by atoms with van der Waals surface area (Å²) in [6.45, 7) is 1.68. The average molecular weight is 351 g/mol. The van der Waals surface area contributed by atoms with Crippen molar-refractivity contribution in [2.24, 2.45) is 0 Å². The Morgan fingerprint density at radius 3 is 2.27 bits per heavy atom. The van der Waals surface area contributed by atoms with Gasteiger partial charge in [0.15, 0.2) is 0 Å². The predicted octanol–water partition coefficient (Wildman–Crippen LogP) is 2.72. The predicted molar refractivity (Wildman–Crippen MR) is 102 cm³/mol. The van der Waals surface area contributed by atoms with E-state index < -0.39 is 0 Å². The standard InChI is InChI=1S/C21H25N3O2/c25-20(22-14-13-17-8-3-1-4-9-17)19-12-7-15-24(19)21(26)23-16-18-10-5-2-6-11-18/h1-6,8-11,19H,7,12-16H2,(H,22,25)(H,23,26)/t19-/m0/s1. The smallest absolute Gasteiger partial charge is 0.318 e. The highest BCUT2D eigenvalue weighted by atomic mass is 16.2. The molecule has 3 amide bonds. The number of hydrogen-bond donors (Lipinski definition) is 2. The van der Waals surface area contributed by atoms with Crippen molar-refractivity contribution in [3.05, 3.63) is 71.8 Å². The molecule has 0 aliphatic carbocycles. The number of carbonyl (C=O) groups is 2. The van der Waals surface area contributed by atoms with E-state index in [1.165, 1.54) is 5.56 Å². The van der Waals surface area contributed by atoms with Crippen LogP contribution in [0.1, 0.15) is 24.0 Å². The van der Waals surface area contributed by atoms with Gasteiger partial charge in [-0.1, -0.05) is 60.7 Å². The van der Waals surface area contributed by atoms with E-state index in [2.05, 4.69) is 10.6 Å². The van der Waals surface area contributed by atoms with Gasteiger partial charge in [0.1, 0.15) is 6.04 Å². The summed E-state index contributed by atoms with van der Waals surface area (Å²) in [6.07, 6.45) is 2.37. The van der Waals surface area contributed by atoms with Crippen LogP contribution in [-0.4, -0.2) is 36.0 Å². The van der Waals surface area contributed by atoms with E-state index in [0.29, 0.717) is 19.6 Å². The monoisotopic (exact) mass is 351 g/mol. The fourth-order valence-corrected chi connectivity index (χ4v) is 3.25. The molecular weight excluding hydrogens is 326 g/mol. The van der Waals surface area contributed by atoms with Gasteiger partial charge in [-0.2, -0.15) is 0 Å². The molecule has 0 unspecified atom stereocenters. The number of rotatable bonds is 6. The van der Waals surface area contributed by atoms with Crippen molar-refractivity contribution in [3.8, 4) is 0 Å². The van der Waals surface area contributed by atoms with Gasteiger partial charge >= 0.3 is 6.03 Å². The lowest BCUT2D eigenvalue weighted by Gasteiger charge is -2.24. The molecule has 0 radical (unpaired) electrons. The maximum Gasteiger partial charge on any atom is 0.318 e. The van der Waals surface area contributed by atoms with Gasteiger partial charge in [0.25, 0.3) is 0 Å². The lowest BCUT2D eigenvalue weighted by atomic mass is 10.1. The number of carbonyl (C=O) groups excluding carboxylic acids is 2. The quantitative estimate of drug-likeness (QED) is 0.841. The minimum atomic E-state index is -0.374. The molecule has 1 atom stereocenters. The zero-order valence-electron chi connectivity index (χ0n) is 14.9. The Morgan fingerprint density at radius 1 is 0.923 bits per heavy atom. The molecule has 3 rings (SSSR count). The second-order valence-electron chi connectivity index (χ2n) is 6.52. The summed E-state index contributed by atoms with van der Waals surface area (Å²) >= 11 is 0. The van der Waals surface area contributed by atoms with Crippen LogP contribution in [0.15, 0.2) is 60.7 Å². The summed E-state index contributed by atoms with van der Waals surface area (Å²) in [5.41, 5.74) is 2.24. The van der Waals surface area contributed by atoms with Crippen molar-refractivity contribution in [1.82, 2.24) is 15.5 Å². The third kappa shape index (κ3) is 4.85. The summed E-state index contributed by atoms with van der Waals surface area (Å²) in [5.74, 6) is -0.0618. The van der Waals surface area contributed by atoms with Crippen LogP contribution in [0.2, 0.25) is 0 Å². The molecule has 1 aliphatic heterocycles. The highest BCUT2D eigenvalue weighted by molar-refractivity contribution is 5.87. The molecule has 5 heteroatoms. The zero-order valence-corrected chi connectivity index (χ0v) is 14.9. The van der Waals surface area contributed by atoms with Crippen LogP contribution < -0.4 is 10.6 Å². The molecule has 0 bridgehead atoms. The average Bonchev–Trinajstić information content (AvgIpc) is 3.18. The van der Waals surface area contributed by atoms with E-state index in [9.17, 15) is 9.59 Å². The minimum absolute atomic E-state index is 0.0618. The molecular formula is C21H25N3O2. The van der Waals surface area contributed by atoms with E-state index in [0.717, 1.165) is 24.8 Å². The number of nitrogens with zero attached hydrogens (tertiary/aromatic N) is 1. The highest BCUT2D eigenvalue weighted by Gasteiger charge is 2.33. The van der Waals surface area contributed by atoms with Gasteiger partial charge in [-0.3, -0.25) is 4.79 Å². The van der Waals surface area contributed by atoms with Crippen LogP contribution in [-0.2, 0) is 17.8 Å². The topological polar surface area (TPSA) is 61.4 Å². The van der Waals surface area contributed by atoms with E-state index >= 15 is 0 Å². The first-order chi connectivity index (χ1) is 12.7. The van der Waals surface area contributed by atoms with Crippen molar-refractivity contribution < 1.29 is 9.59 Å². The molecule has 1 saturated heterocycles. The SMILES string of the molecule is O=C(NCCc1ccccc1)[C@@H]1CCCN1C(=O)NCc1ccccc1. The Bertz CT molecular complexity index is 719. The summed E-state index contributed by atoms with van der Waals surface area (Å²) < 4.78 is 0. The lowest BCUT2D eigenvalue weighted by Crippen LogP contribution is -2.49. The molecule has 1 fully saturated rings.